The van der Waals surface area contributed by atoms with Crippen LogP contribution in [0.2, 0.25) is 0 Å². The van der Waals surface area contributed by atoms with Gasteiger partial charge in [-0.1, -0.05) is 18.6 Å². The van der Waals surface area contributed by atoms with Crippen molar-refractivity contribution in [2.45, 2.75) is 44.4 Å². The third kappa shape index (κ3) is 2.39. The molecule has 1 spiro atoms. The van der Waals surface area contributed by atoms with Crippen molar-refractivity contribution in [1.29, 1.82) is 0 Å². The molecular formula is C20H28N2O2. The highest BCUT2D eigenvalue weighted by Crippen LogP contribution is 2.63. The van der Waals surface area contributed by atoms with Gasteiger partial charge in [-0.05, 0) is 37.0 Å². The smallest absolute Gasteiger partial charge is 0.0699 e. The molecule has 0 bridgehead atoms. The number of morpholine rings is 1. The third-order valence-corrected chi connectivity index (χ3v) is 6.80. The van der Waals surface area contributed by atoms with E-state index in [0.29, 0.717) is 17.6 Å². The van der Waals surface area contributed by atoms with E-state index in [2.05, 4.69) is 34.5 Å². The average Bonchev–Trinajstić information content (AvgIpc) is 2.98. The van der Waals surface area contributed by atoms with Gasteiger partial charge in [0.1, 0.15) is 0 Å². The summed E-state index contributed by atoms with van der Waals surface area (Å²) in [7, 11) is 0. The van der Waals surface area contributed by atoms with Gasteiger partial charge in [0.05, 0.1) is 19.3 Å². The van der Waals surface area contributed by atoms with E-state index in [1.54, 1.807) is 0 Å². The van der Waals surface area contributed by atoms with Crippen LogP contribution in [0.3, 0.4) is 0 Å². The van der Waals surface area contributed by atoms with Gasteiger partial charge < -0.3 is 14.8 Å². The summed E-state index contributed by atoms with van der Waals surface area (Å²) in [6.07, 6.45) is 5.85. The van der Waals surface area contributed by atoms with Crippen LogP contribution < -0.4 is 5.32 Å². The molecule has 130 valence electrons. The Morgan fingerprint density at radius 1 is 1.17 bits per heavy atom. The summed E-state index contributed by atoms with van der Waals surface area (Å²) in [5, 5.41) is 3.90. The quantitative estimate of drug-likeness (QED) is 0.921. The first-order chi connectivity index (χ1) is 11.9. The van der Waals surface area contributed by atoms with Gasteiger partial charge in [0.25, 0.3) is 0 Å². The normalized spacial score (nSPS) is 34.4. The molecule has 4 nitrogen and oxygen atoms in total. The minimum atomic E-state index is 0.446. The number of nitrogens with zero attached hydrogens (tertiary/aromatic N) is 1. The Morgan fingerprint density at radius 3 is 2.83 bits per heavy atom. The Bertz CT molecular complexity index is 595. The van der Waals surface area contributed by atoms with Gasteiger partial charge in [-0.3, -0.25) is 4.90 Å². The van der Waals surface area contributed by atoms with Gasteiger partial charge in [-0.15, -0.1) is 0 Å². The highest BCUT2D eigenvalue weighted by molar-refractivity contribution is 5.49. The first kappa shape index (κ1) is 15.2. The van der Waals surface area contributed by atoms with Gasteiger partial charge in [0, 0.05) is 49.3 Å². The lowest BCUT2D eigenvalue weighted by atomic mass is 9.46. The van der Waals surface area contributed by atoms with Crippen LogP contribution in [0.5, 0.6) is 0 Å². The molecular weight excluding hydrogens is 300 g/mol. The fourth-order valence-electron chi connectivity index (χ4n) is 5.41. The molecule has 4 aliphatic rings. The predicted octanol–water partition coefficient (Wildman–Crippen LogP) is 2.89. The molecule has 2 heterocycles. The van der Waals surface area contributed by atoms with Crippen LogP contribution in [0.15, 0.2) is 24.3 Å². The zero-order valence-electron chi connectivity index (χ0n) is 14.4. The number of anilines is 1. The van der Waals surface area contributed by atoms with Crippen LogP contribution in [0.1, 0.15) is 31.2 Å². The van der Waals surface area contributed by atoms with Crippen LogP contribution in [0, 0.1) is 11.3 Å². The van der Waals surface area contributed by atoms with Crippen molar-refractivity contribution >= 4 is 5.69 Å². The van der Waals surface area contributed by atoms with Crippen LogP contribution in [-0.2, 0) is 16.0 Å². The minimum Gasteiger partial charge on any atom is -0.381 e. The Kier molecular flexibility index (Phi) is 3.80. The molecule has 24 heavy (non-hydrogen) atoms. The summed E-state index contributed by atoms with van der Waals surface area (Å²) in [4.78, 5) is 2.49. The lowest BCUT2D eigenvalue weighted by molar-refractivity contribution is -0.158. The Morgan fingerprint density at radius 2 is 2.04 bits per heavy atom. The van der Waals surface area contributed by atoms with E-state index in [-0.39, 0.29) is 0 Å². The topological polar surface area (TPSA) is 33.7 Å². The second kappa shape index (κ2) is 6.01. The predicted molar refractivity (Wildman–Crippen MR) is 94.1 cm³/mol. The van der Waals surface area contributed by atoms with E-state index in [1.165, 1.54) is 36.9 Å². The molecule has 1 aromatic carbocycles. The second-order valence-electron chi connectivity index (χ2n) is 8.04. The van der Waals surface area contributed by atoms with Gasteiger partial charge in [-0.25, -0.2) is 0 Å². The first-order valence-electron chi connectivity index (χ1n) is 9.62. The highest BCUT2D eigenvalue weighted by atomic mass is 16.5. The number of benzene rings is 1. The molecule has 2 aliphatic heterocycles. The summed E-state index contributed by atoms with van der Waals surface area (Å²) in [6.45, 7) is 5.82. The number of nitrogens with one attached hydrogen (secondary N) is 1. The molecule has 1 N–H and O–H groups in total. The summed E-state index contributed by atoms with van der Waals surface area (Å²) < 4.78 is 11.5. The second-order valence-corrected chi connectivity index (χ2v) is 8.04. The molecule has 0 unspecified atom stereocenters. The van der Waals surface area contributed by atoms with E-state index in [1.807, 2.05) is 0 Å². The lowest BCUT2D eigenvalue weighted by Crippen LogP contribution is -2.68. The van der Waals surface area contributed by atoms with Gasteiger partial charge in [0.15, 0.2) is 0 Å². The van der Waals surface area contributed by atoms with Crippen molar-refractivity contribution in [1.82, 2.24) is 4.90 Å². The molecule has 3 atom stereocenters. The van der Waals surface area contributed by atoms with Crippen molar-refractivity contribution in [3.05, 3.63) is 29.8 Å². The highest BCUT2D eigenvalue weighted by Gasteiger charge is 2.66. The summed E-state index contributed by atoms with van der Waals surface area (Å²) in [5.41, 5.74) is 3.15. The van der Waals surface area contributed by atoms with E-state index in [0.717, 1.165) is 45.4 Å². The average molecular weight is 328 g/mol. The maximum atomic E-state index is 6.04. The Labute approximate surface area is 144 Å². The fourth-order valence-corrected chi connectivity index (χ4v) is 5.41. The number of rotatable bonds is 4. The molecule has 4 heteroatoms. The van der Waals surface area contributed by atoms with Crippen molar-refractivity contribution < 1.29 is 9.47 Å². The van der Waals surface area contributed by atoms with Crippen LogP contribution in [-0.4, -0.2) is 50.0 Å². The summed E-state index contributed by atoms with van der Waals surface area (Å²) in [6, 6.07) is 9.66. The zero-order valence-corrected chi connectivity index (χ0v) is 14.4. The molecule has 4 fully saturated rings. The standard InChI is InChI=1S/C20H28N2O2/c1-3-15(14-22-8-11-23-12-9-22)13-16(4-1)21-18-17-5-10-24-19(17)20(18)6-2-7-20/h1,3-4,13,17-19,21H,2,5-12,14H2/t17-,18-,19+/m1/s1. The van der Waals surface area contributed by atoms with Crippen LogP contribution >= 0.6 is 0 Å². The maximum absolute atomic E-state index is 6.04. The molecule has 2 aliphatic carbocycles. The number of fused-ring (bicyclic) bond motifs is 2. The van der Waals surface area contributed by atoms with Crippen molar-refractivity contribution in [3.63, 3.8) is 0 Å². The first-order valence-corrected chi connectivity index (χ1v) is 9.62. The minimum absolute atomic E-state index is 0.446. The molecule has 0 amide bonds. The van der Waals surface area contributed by atoms with Gasteiger partial charge in [0.2, 0.25) is 0 Å². The van der Waals surface area contributed by atoms with E-state index < -0.39 is 0 Å². The number of hydrogen-bond donors (Lipinski definition) is 1. The lowest BCUT2D eigenvalue weighted by Gasteiger charge is -2.63. The fraction of sp³-hybridized carbons (Fsp3) is 0.700. The van der Waals surface area contributed by atoms with Crippen LogP contribution in [0.25, 0.3) is 0 Å². The van der Waals surface area contributed by atoms with Crippen molar-refractivity contribution in [2.24, 2.45) is 11.3 Å². The van der Waals surface area contributed by atoms with Crippen molar-refractivity contribution in [2.75, 3.05) is 38.2 Å². The molecule has 0 radical (unpaired) electrons. The van der Waals surface area contributed by atoms with Gasteiger partial charge in [-0.2, -0.15) is 0 Å². The maximum Gasteiger partial charge on any atom is 0.0699 e. The zero-order chi connectivity index (χ0) is 16.0. The molecule has 5 rings (SSSR count). The number of hydrogen-bond acceptors (Lipinski definition) is 4. The Balaban J connectivity index is 1.28. The van der Waals surface area contributed by atoms with E-state index in [9.17, 15) is 0 Å². The molecule has 1 aromatic rings. The Hall–Kier alpha value is -1.10. The van der Waals surface area contributed by atoms with E-state index in [4.69, 9.17) is 9.47 Å². The largest absolute Gasteiger partial charge is 0.381 e. The number of ether oxygens (including phenoxy) is 2. The van der Waals surface area contributed by atoms with Crippen molar-refractivity contribution in [3.8, 4) is 0 Å². The van der Waals surface area contributed by atoms with Crippen LogP contribution in [0.4, 0.5) is 5.69 Å². The molecule has 0 aromatic heterocycles. The van der Waals surface area contributed by atoms with E-state index >= 15 is 0 Å². The summed E-state index contributed by atoms with van der Waals surface area (Å²) in [5.74, 6) is 0.730. The van der Waals surface area contributed by atoms with Gasteiger partial charge >= 0.3 is 0 Å². The SMILES string of the molecule is c1cc(CN2CCOCC2)cc(N[C@@H]2[C@H]3CCO[C@@H]3C23CCC3)c1. The monoisotopic (exact) mass is 328 g/mol. The molecule has 2 saturated carbocycles. The summed E-state index contributed by atoms with van der Waals surface area (Å²) >= 11 is 0. The third-order valence-electron chi connectivity index (χ3n) is 6.80. The molecule has 2 saturated heterocycles.